The standard InChI is InChI=1S/C13H13ClN2O2/c1-9-6-11(16-18-9)7-13(17)15-8-10-4-2-3-5-12(10)14/h2-6H,7-8H2,1H3,(H,15,17). The zero-order valence-electron chi connectivity index (χ0n) is 9.94. The highest BCUT2D eigenvalue weighted by atomic mass is 35.5. The molecule has 0 aliphatic rings. The molecule has 1 aromatic carbocycles. The Morgan fingerprint density at radius 3 is 2.89 bits per heavy atom. The van der Waals surface area contributed by atoms with Gasteiger partial charge in [-0.1, -0.05) is 35.0 Å². The van der Waals surface area contributed by atoms with Gasteiger partial charge in [-0.25, -0.2) is 0 Å². The van der Waals surface area contributed by atoms with E-state index in [4.69, 9.17) is 16.1 Å². The molecule has 0 saturated heterocycles. The van der Waals surface area contributed by atoms with Crippen LogP contribution in [0, 0.1) is 6.92 Å². The Kier molecular flexibility index (Phi) is 3.99. The second-order valence-corrected chi connectivity index (χ2v) is 4.38. The van der Waals surface area contributed by atoms with Gasteiger partial charge in [-0.3, -0.25) is 4.79 Å². The summed E-state index contributed by atoms with van der Waals surface area (Å²) >= 11 is 5.99. The van der Waals surface area contributed by atoms with Crippen LogP contribution in [0.1, 0.15) is 17.0 Å². The maximum absolute atomic E-state index is 11.7. The number of nitrogens with zero attached hydrogens (tertiary/aromatic N) is 1. The van der Waals surface area contributed by atoms with Crippen LogP contribution in [-0.2, 0) is 17.8 Å². The van der Waals surface area contributed by atoms with E-state index in [2.05, 4.69) is 10.5 Å². The van der Waals surface area contributed by atoms with Crippen LogP contribution in [-0.4, -0.2) is 11.1 Å². The summed E-state index contributed by atoms with van der Waals surface area (Å²) in [6, 6.07) is 9.15. The molecule has 5 heteroatoms. The molecule has 0 unspecified atom stereocenters. The number of hydrogen-bond donors (Lipinski definition) is 1. The largest absolute Gasteiger partial charge is 0.361 e. The number of nitrogens with one attached hydrogen (secondary N) is 1. The fourth-order valence-electron chi connectivity index (χ4n) is 1.56. The third kappa shape index (κ3) is 3.34. The van der Waals surface area contributed by atoms with Crippen molar-refractivity contribution in [3.8, 4) is 0 Å². The molecule has 2 rings (SSSR count). The average Bonchev–Trinajstić information content (AvgIpc) is 2.74. The first-order valence-corrected chi connectivity index (χ1v) is 5.95. The molecular formula is C13H13ClN2O2. The molecule has 1 heterocycles. The second-order valence-electron chi connectivity index (χ2n) is 3.97. The van der Waals surface area contributed by atoms with Gasteiger partial charge >= 0.3 is 0 Å². The van der Waals surface area contributed by atoms with Crippen molar-refractivity contribution in [2.24, 2.45) is 0 Å². The monoisotopic (exact) mass is 264 g/mol. The van der Waals surface area contributed by atoms with Crippen molar-refractivity contribution in [3.05, 3.63) is 52.4 Å². The molecule has 4 nitrogen and oxygen atoms in total. The molecule has 0 radical (unpaired) electrons. The average molecular weight is 265 g/mol. The molecule has 2 aromatic rings. The van der Waals surface area contributed by atoms with Crippen LogP contribution in [0.5, 0.6) is 0 Å². The number of carbonyl (C=O) groups is 1. The molecule has 18 heavy (non-hydrogen) atoms. The van der Waals surface area contributed by atoms with Crippen molar-refractivity contribution < 1.29 is 9.32 Å². The van der Waals surface area contributed by atoms with Gasteiger partial charge in [0.2, 0.25) is 5.91 Å². The van der Waals surface area contributed by atoms with Gasteiger partial charge in [0.1, 0.15) is 5.76 Å². The fourth-order valence-corrected chi connectivity index (χ4v) is 1.77. The van der Waals surface area contributed by atoms with E-state index in [9.17, 15) is 4.79 Å². The lowest BCUT2D eigenvalue weighted by Crippen LogP contribution is -2.24. The molecule has 0 aliphatic heterocycles. The minimum absolute atomic E-state index is 0.108. The summed E-state index contributed by atoms with van der Waals surface area (Å²) in [5.74, 6) is 0.590. The van der Waals surface area contributed by atoms with Gasteiger partial charge in [0.25, 0.3) is 0 Å². The first kappa shape index (κ1) is 12.6. The van der Waals surface area contributed by atoms with Crippen LogP contribution in [0.3, 0.4) is 0 Å². The Hall–Kier alpha value is -1.81. The number of hydrogen-bond acceptors (Lipinski definition) is 3. The lowest BCUT2D eigenvalue weighted by atomic mass is 10.2. The fraction of sp³-hybridized carbons (Fsp3) is 0.231. The number of rotatable bonds is 4. The summed E-state index contributed by atoms with van der Waals surface area (Å²) in [5, 5.41) is 7.21. The van der Waals surface area contributed by atoms with E-state index in [0.29, 0.717) is 23.0 Å². The number of aryl methyl sites for hydroxylation is 1. The van der Waals surface area contributed by atoms with Gasteiger partial charge in [-0.15, -0.1) is 0 Å². The van der Waals surface area contributed by atoms with Gasteiger partial charge in [0, 0.05) is 17.6 Å². The molecule has 0 bridgehead atoms. The van der Waals surface area contributed by atoms with Crippen LogP contribution in [0.4, 0.5) is 0 Å². The minimum atomic E-state index is -0.108. The normalized spacial score (nSPS) is 10.3. The molecule has 0 atom stereocenters. The van der Waals surface area contributed by atoms with Crippen LogP contribution in [0.2, 0.25) is 5.02 Å². The summed E-state index contributed by atoms with van der Waals surface area (Å²) in [7, 11) is 0. The third-order valence-electron chi connectivity index (χ3n) is 2.45. The van der Waals surface area contributed by atoms with E-state index < -0.39 is 0 Å². The Bertz CT molecular complexity index is 551. The van der Waals surface area contributed by atoms with E-state index >= 15 is 0 Å². The zero-order chi connectivity index (χ0) is 13.0. The van der Waals surface area contributed by atoms with Gasteiger partial charge in [0.05, 0.1) is 12.1 Å². The molecule has 0 aliphatic carbocycles. The van der Waals surface area contributed by atoms with Crippen LogP contribution in [0.15, 0.2) is 34.9 Å². The third-order valence-corrected chi connectivity index (χ3v) is 2.82. The molecule has 1 amide bonds. The van der Waals surface area contributed by atoms with E-state index in [1.165, 1.54) is 0 Å². The van der Waals surface area contributed by atoms with Crippen LogP contribution >= 0.6 is 11.6 Å². The van der Waals surface area contributed by atoms with E-state index in [-0.39, 0.29) is 12.3 Å². The number of carbonyl (C=O) groups excluding carboxylic acids is 1. The Labute approximate surface area is 110 Å². The summed E-state index contributed by atoms with van der Waals surface area (Å²) in [6.07, 6.45) is 0.210. The molecule has 0 spiro atoms. The van der Waals surface area contributed by atoms with E-state index in [1.807, 2.05) is 18.2 Å². The highest BCUT2D eigenvalue weighted by molar-refractivity contribution is 6.31. The predicted molar refractivity (Wildman–Crippen MR) is 68.2 cm³/mol. The number of aromatic nitrogens is 1. The molecule has 0 fully saturated rings. The summed E-state index contributed by atoms with van der Waals surface area (Å²) in [6.45, 7) is 2.20. The smallest absolute Gasteiger partial charge is 0.226 e. The molecular weight excluding hydrogens is 252 g/mol. The number of halogens is 1. The SMILES string of the molecule is Cc1cc(CC(=O)NCc2ccccc2Cl)no1. The van der Waals surface area contributed by atoms with Crippen LogP contribution < -0.4 is 5.32 Å². The van der Waals surface area contributed by atoms with Gasteiger partial charge < -0.3 is 9.84 Å². The highest BCUT2D eigenvalue weighted by Crippen LogP contribution is 2.14. The molecule has 0 saturated carbocycles. The van der Waals surface area contributed by atoms with Crippen molar-refractivity contribution in [2.45, 2.75) is 19.9 Å². The summed E-state index contributed by atoms with van der Waals surface area (Å²) < 4.78 is 4.90. The summed E-state index contributed by atoms with van der Waals surface area (Å²) in [5.41, 5.74) is 1.52. The first-order valence-electron chi connectivity index (χ1n) is 5.57. The Balaban J connectivity index is 1.87. The quantitative estimate of drug-likeness (QED) is 0.923. The van der Waals surface area contributed by atoms with Crippen molar-refractivity contribution in [3.63, 3.8) is 0 Å². The van der Waals surface area contributed by atoms with Crippen molar-refractivity contribution in [2.75, 3.05) is 0 Å². The maximum atomic E-state index is 11.7. The van der Waals surface area contributed by atoms with Gasteiger partial charge in [-0.05, 0) is 18.6 Å². The number of amides is 1. The molecule has 1 aromatic heterocycles. The Morgan fingerprint density at radius 2 is 2.22 bits per heavy atom. The maximum Gasteiger partial charge on any atom is 0.226 e. The van der Waals surface area contributed by atoms with E-state index in [0.717, 1.165) is 5.56 Å². The lowest BCUT2D eigenvalue weighted by molar-refractivity contribution is -0.120. The van der Waals surface area contributed by atoms with Crippen molar-refractivity contribution >= 4 is 17.5 Å². The topological polar surface area (TPSA) is 55.1 Å². The predicted octanol–water partition coefficient (Wildman–Crippen LogP) is 2.50. The highest BCUT2D eigenvalue weighted by Gasteiger charge is 2.08. The second kappa shape index (κ2) is 5.69. The molecule has 94 valence electrons. The lowest BCUT2D eigenvalue weighted by Gasteiger charge is -2.05. The summed E-state index contributed by atoms with van der Waals surface area (Å²) in [4.78, 5) is 11.7. The van der Waals surface area contributed by atoms with Crippen LogP contribution in [0.25, 0.3) is 0 Å². The first-order chi connectivity index (χ1) is 8.65. The van der Waals surface area contributed by atoms with Crippen molar-refractivity contribution in [1.82, 2.24) is 10.5 Å². The van der Waals surface area contributed by atoms with E-state index in [1.54, 1.807) is 19.1 Å². The van der Waals surface area contributed by atoms with Crippen molar-refractivity contribution in [1.29, 1.82) is 0 Å². The number of benzene rings is 1. The van der Waals surface area contributed by atoms with Gasteiger partial charge in [0.15, 0.2) is 0 Å². The van der Waals surface area contributed by atoms with Gasteiger partial charge in [-0.2, -0.15) is 0 Å². The Morgan fingerprint density at radius 1 is 1.44 bits per heavy atom. The minimum Gasteiger partial charge on any atom is -0.361 e. The molecule has 1 N–H and O–H groups in total. The zero-order valence-corrected chi connectivity index (χ0v) is 10.7.